The number of carbonyl (C=O) groups excluding carboxylic acids is 1. The predicted octanol–water partition coefficient (Wildman–Crippen LogP) is -0.598. The lowest BCUT2D eigenvalue weighted by Crippen LogP contribution is -2.43. The molecule has 4 rings (SSSR count). The SMILES string of the molecule is CN[C@@H](Cc1ccccc1)C(=O)O[C@@H]1[C@H](O)[C@@H](CO)O[C@H]1n1cnc2c(N)ncnc21. The average molecular weight is 428 g/mol. The molecule has 1 aliphatic rings. The fraction of sp³-hybridized carbons (Fsp3) is 0.400. The number of nitrogens with zero attached hydrogens (tertiary/aromatic N) is 4. The van der Waals surface area contributed by atoms with Crippen molar-refractivity contribution in [2.24, 2.45) is 0 Å². The number of aromatic nitrogens is 4. The van der Waals surface area contributed by atoms with Crippen molar-refractivity contribution in [3.8, 4) is 0 Å². The molecule has 5 atom stereocenters. The molecule has 0 aliphatic carbocycles. The van der Waals surface area contributed by atoms with Gasteiger partial charge in [0.1, 0.15) is 30.1 Å². The highest BCUT2D eigenvalue weighted by Gasteiger charge is 2.48. The van der Waals surface area contributed by atoms with Crippen molar-refractivity contribution in [2.75, 3.05) is 19.4 Å². The second-order valence-electron chi connectivity index (χ2n) is 7.25. The monoisotopic (exact) mass is 428 g/mol. The fourth-order valence-electron chi connectivity index (χ4n) is 3.65. The van der Waals surface area contributed by atoms with E-state index in [1.807, 2.05) is 30.3 Å². The van der Waals surface area contributed by atoms with Crippen molar-refractivity contribution in [3.05, 3.63) is 48.5 Å². The zero-order valence-electron chi connectivity index (χ0n) is 16.8. The number of anilines is 1. The summed E-state index contributed by atoms with van der Waals surface area (Å²) >= 11 is 0. The van der Waals surface area contributed by atoms with Crippen LogP contribution in [0.4, 0.5) is 5.82 Å². The van der Waals surface area contributed by atoms with Crippen LogP contribution in [0.25, 0.3) is 11.2 Å². The van der Waals surface area contributed by atoms with Crippen LogP contribution in [0.1, 0.15) is 11.8 Å². The molecule has 1 fully saturated rings. The van der Waals surface area contributed by atoms with Gasteiger partial charge in [-0.05, 0) is 19.0 Å². The van der Waals surface area contributed by atoms with E-state index in [2.05, 4.69) is 20.3 Å². The lowest BCUT2D eigenvalue weighted by atomic mass is 10.1. The molecule has 1 aromatic carbocycles. The molecule has 11 heteroatoms. The maximum absolute atomic E-state index is 12.9. The Morgan fingerprint density at radius 1 is 1.32 bits per heavy atom. The number of benzene rings is 1. The molecule has 0 spiro atoms. The number of hydrogen-bond donors (Lipinski definition) is 4. The molecule has 0 saturated carbocycles. The Balaban J connectivity index is 1.59. The Hall–Kier alpha value is -3.12. The van der Waals surface area contributed by atoms with Gasteiger partial charge in [-0.15, -0.1) is 0 Å². The van der Waals surface area contributed by atoms with Crippen molar-refractivity contribution in [1.82, 2.24) is 24.8 Å². The number of aliphatic hydroxyl groups excluding tert-OH is 2. The molecule has 11 nitrogen and oxygen atoms in total. The predicted molar refractivity (Wildman–Crippen MR) is 110 cm³/mol. The van der Waals surface area contributed by atoms with E-state index in [-0.39, 0.29) is 5.82 Å². The Labute approximate surface area is 177 Å². The van der Waals surface area contributed by atoms with Gasteiger partial charge in [-0.2, -0.15) is 0 Å². The summed E-state index contributed by atoms with van der Waals surface area (Å²) in [6, 6.07) is 8.87. The minimum absolute atomic E-state index is 0.188. The number of carbonyl (C=O) groups is 1. The topological polar surface area (TPSA) is 158 Å². The summed E-state index contributed by atoms with van der Waals surface area (Å²) in [4.78, 5) is 25.2. The van der Waals surface area contributed by atoms with Crippen molar-refractivity contribution in [3.63, 3.8) is 0 Å². The van der Waals surface area contributed by atoms with E-state index in [1.165, 1.54) is 17.2 Å². The van der Waals surface area contributed by atoms with E-state index in [0.29, 0.717) is 17.6 Å². The molecule has 0 bridgehead atoms. The molecule has 3 heterocycles. The molecular formula is C20H24N6O5. The second-order valence-corrected chi connectivity index (χ2v) is 7.25. The minimum Gasteiger partial charge on any atom is -0.453 e. The number of nitrogens with two attached hydrogens (primary N) is 1. The molecule has 164 valence electrons. The zero-order valence-corrected chi connectivity index (χ0v) is 16.8. The largest absolute Gasteiger partial charge is 0.453 e. The normalized spacial score (nSPS) is 24.4. The smallest absolute Gasteiger partial charge is 0.324 e. The van der Waals surface area contributed by atoms with Gasteiger partial charge in [0.25, 0.3) is 0 Å². The Morgan fingerprint density at radius 2 is 2.10 bits per heavy atom. The van der Waals surface area contributed by atoms with Crippen molar-refractivity contribution in [2.45, 2.75) is 37.0 Å². The van der Waals surface area contributed by atoms with Crippen molar-refractivity contribution in [1.29, 1.82) is 0 Å². The van der Waals surface area contributed by atoms with Crippen molar-refractivity contribution < 1.29 is 24.5 Å². The number of nitrogen functional groups attached to an aromatic ring is 1. The molecule has 5 N–H and O–H groups in total. The van der Waals surface area contributed by atoms with E-state index in [1.54, 1.807) is 7.05 Å². The molecule has 1 aliphatic heterocycles. The van der Waals surface area contributed by atoms with Gasteiger partial charge in [0.15, 0.2) is 23.8 Å². The van der Waals surface area contributed by atoms with Crippen LogP contribution in [0.3, 0.4) is 0 Å². The third-order valence-electron chi connectivity index (χ3n) is 5.32. The second kappa shape index (κ2) is 8.94. The highest BCUT2D eigenvalue weighted by molar-refractivity contribution is 5.81. The third-order valence-corrected chi connectivity index (χ3v) is 5.32. The first-order chi connectivity index (χ1) is 15.0. The summed E-state index contributed by atoms with van der Waals surface area (Å²) in [7, 11) is 1.66. The van der Waals surface area contributed by atoms with E-state index in [0.717, 1.165) is 5.56 Å². The minimum atomic E-state index is -1.25. The number of hydrogen-bond acceptors (Lipinski definition) is 10. The first kappa shape index (κ1) is 21.1. The van der Waals surface area contributed by atoms with Gasteiger partial charge in [0.05, 0.1) is 12.9 Å². The van der Waals surface area contributed by atoms with Crippen LogP contribution in [0.5, 0.6) is 0 Å². The summed E-state index contributed by atoms with van der Waals surface area (Å²) in [5.74, 6) is -0.367. The molecule has 0 amide bonds. The molecule has 1 saturated heterocycles. The number of fused-ring (bicyclic) bond motifs is 1. The van der Waals surface area contributed by atoms with Gasteiger partial charge < -0.3 is 30.7 Å². The lowest BCUT2D eigenvalue weighted by molar-refractivity contribution is -0.160. The molecule has 0 unspecified atom stereocenters. The average Bonchev–Trinajstić information content (AvgIpc) is 3.35. The van der Waals surface area contributed by atoms with Gasteiger partial charge in [0.2, 0.25) is 0 Å². The van der Waals surface area contributed by atoms with E-state index in [4.69, 9.17) is 15.2 Å². The van der Waals surface area contributed by atoms with Crippen LogP contribution in [0.2, 0.25) is 0 Å². The quantitative estimate of drug-likeness (QED) is 0.358. The zero-order chi connectivity index (χ0) is 22.0. The fourth-order valence-corrected chi connectivity index (χ4v) is 3.65. The maximum atomic E-state index is 12.9. The van der Waals surface area contributed by atoms with E-state index < -0.39 is 43.2 Å². The number of aliphatic hydroxyl groups is 2. The Kier molecular flexibility index (Phi) is 6.09. The highest BCUT2D eigenvalue weighted by atomic mass is 16.6. The molecule has 31 heavy (non-hydrogen) atoms. The van der Waals surface area contributed by atoms with Crippen LogP contribution in [-0.2, 0) is 20.7 Å². The number of rotatable bonds is 7. The van der Waals surface area contributed by atoms with Crippen LogP contribution in [0.15, 0.2) is 43.0 Å². The Morgan fingerprint density at radius 3 is 2.81 bits per heavy atom. The van der Waals surface area contributed by atoms with Crippen LogP contribution in [-0.4, -0.2) is 73.7 Å². The number of esters is 1. The molecule has 2 aromatic heterocycles. The lowest BCUT2D eigenvalue weighted by Gasteiger charge is -2.24. The van der Waals surface area contributed by atoms with Crippen LogP contribution in [0, 0.1) is 0 Å². The number of imidazole rings is 1. The Bertz CT molecular complexity index is 1040. The van der Waals surface area contributed by atoms with Crippen molar-refractivity contribution >= 4 is 23.0 Å². The third kappa shape index (κ3) is 4.08. The van der Waals surface area contributed by atoms with Gasteiger partial charge in [-0.25, -0.2) is 15.0 Å². The number of ether oxygens (including phenoxy) is 2. The molecule has 3 aromatic rings. The first-order valence-corrected chi connectivity index (χ1v) is 9.82. The number of nitrogens with one attached hydrogen (secondary N) is 1. The van der Waals surface area contributed by atoms with Gasteiger partial charge in [-0.3, -0.25) is 9.36 Å². The van der Waals surface area contributed by atoms with Crippen LogP contribution < -0.4 is 11.1 Å². The van der Waals surface area contributed by atoms with E-state index in [9.17, 15) is 15.0 Å². The molecular weight excluding hydrogens is 404 g/mol. The summed E-state index contributed by atoms with van der Waals surface area (Å²) in [6.07, 6.45) is -1.12. The summed E-state index contributed by atoms with van der Waals surface area (Å²) in [5.41, 5.74) is 7.52. The molecule has 0 radical (unpaired) electrons. The van der Waals surface area contributed by atoms with Crippen LogP contribution >= 0.6 is 0 Å². The highest BCUT2D eigenvalue weighted by Crippen LogP contribution is 2.34. The number of likely N-dealkylation sites (N-methyl/N-ethyl adjacent to an activating group) is 1. The van der Waals surface area contributed by atoms with Gasteiger partial charge >= 0.3 is 5.97 Å². The van der Waals surface area contributed by atoms with Gasteiger partial charge in [0, 0.05) is 0 Å². The first-order valence-electron chi connectivity index (χ1n) is 9.82. The van der Waals surface area contributed by atoms with E-state index >= 15 is 0 Å². The maximum Gasteiger partial charge on any atom is 0.324 e. The standard InChI is InChI=1S/C20H24N6O5/c1-22-12(7-11-5-3-2-4-6-11)20(29)31-16-15(28)13(8-27)30-19(16)26-10-25-14-17(21)23-9-24-18(14)26/h2-6,9-10,12-13,15-16,19,22,27-28H,7-8H2,1H3,(H2,21,23,24)/t12-,13+,15+,16+,19+/m0/s1. The van der Waals surface area contributed by atoms with Gasteiger partial charge in [-0.1, -0.05) is 30.3 Å². The summed E-state index contributed by atoms with van der Waals surface area (Å²) in [6.45, 7) is -0.449. The summed E-state index contributed by atoms with van der Waals surface area (Å²) in [5, 5.41) is 23.2. The summed E-state index contributed by atoms with van der Waals surface area (Å²) < 4.78 is 13.0.